The second-order valence-electron chi connectivity index (χ2n) is 2.73. The van der Waals surface area contributed by atoms with Gasteiger partial charge in [-0.15, -0.1) is 0 Å². The van der Waals surface area contributed by atoms with Crippen LogP contribution in [0.5, 0.6) is 0 Å². The number of fused-ring (bicyclic) bond motifs is 1. The Morgan fingerprint density at radius 3 is 2.93 bits per heavy atom. The van der Waals surface area contributed by atoms with E-state index in [0.29, 0.717) is 5.78 Å². The highest BCUT2D eigenvalue weighted by atomic mass is 15.4. The van der Waals surface area contributed by atoms with E-state index in [-0.39, 0.29) is 0 Å². The van der Waals surface area contributed by atoms with Crippen LogP contribution in [0.25, 0.3) is 11.6 Å². The van der Waals surface area contributed by atoms with Crippen molar-refractivity contribution in [2.24, 2.45) is 0 Å². The van der Waals surface area contributed by atoms with Crippen LogP contribution < -0.4 is 0 Å². The summed E-state index contributed by atoms with van der Waals surface area (Å²) in [5.41, 5.74) is 0. The molecule has 0 aliphatic carbocycles. The smallest absolute Gasteiger partial charge is 0.222 e. The highest BCUT2D eigenvalue weighted by molar-refractivity contribution is 5.33. The standard InChI is InChI=1S/C8H6N6/c1-3-11-13(5-1)7-2-4-9-8-10-6-12-14(7)8/h1-6H. The van der Waals surface area contributed by atoms with Crippen LogP contribution >= 0.6 is 0 Å². The van der Waals surface area contributed by atoms with Crippen LogP contribution in [-0.2, 0) is 0 Å². The van der Waals surface area contributed by atoms with Crippen LogP contribution in [0.2, 0.25) is 0 Å². The summed E-state index contributed by atoms with van der Waals surface area (Å²) in [7, 11) is 0. The van der Waals surface area contributed by atoms with Crippen LogP contribution in [0.1, 0.15) is 0 Å². The maximum atomic E-state index is 4.12. The molecule has 0 saturated heterocycles. The van der Waals surface area contributed by atoms with E-state index in [2.05, 4.69) is 20.2 Å². The lowest BCUT2D eigenvalue weighted by Crippen LogP contribution is -2.04. The third-order valence-electron chi connectivity index (χ3n) is 1.90. The van der Waals surface area contributed by atoms with Crippen molar-refractivity contribution in [3.63, 3.8) is 0 Å². The average Bonchev–Trinajstić information content (AvgIpc) is 2.88. The molecule has 6 heteroatoms. The Bertz CT molecular complexity index is 552. The minimum Gasteiger partial charge on any atom is -0.222 e. The maximum Gasteiger partial charge on any atom is 0.254 e. The van der Waals surface area contributed by atoms with Gasteiger partial charge in [0.2, 0.25) is 0 Å². The SMILES string of the molecule is c1cnn(-c2ccnc3ncnn23)c1. The molecule has 0 aromatic carbocycles. The molecule has 0 bridgehead atoms. The van der Waals surface area contributed by atoms with Gasteiger partial charge in [0.05, 0.1) is 0 Å². The molecule has 14 heavy (non-hydrogen) atoms. The first-order valence-corrected chi connectivity index (χ1v) is 4.10. The van der Waals surface area contributed by atoms with Gasteiger partial charge in [0, 0.05) is 24.7 Å². The van der Waals surface area contributed by atoms with Crippen molar-refractivity contribution < 1.29 is 0 Å². The van der Waals surface area contributed by atoms with Crippen molar-refractivity contribution >= 4 is 5.78 Å². The molecule has 68 valence electrons. The molecule has 0 unspecified atom stereocenters. The zero-order valence-electron chi connectivity index (χ0n) is 7.15. The third-order valence-corrected chi connectivity index (χ3v) is 1.90. The van der Waals surface area contributed by atoms with Gasteiger partial charge in [0.15, 0.2) is 5.82 Å². The Labute approximate surface area is 78.8 Å². The van der Waals surface area contributed by atoms with Gasteiger partial charge in [0.25, 0.3) is 5.78 Å². The number of aromatic nitrogens is 6. The first-order valence-electron chi connectivity index (χ1n) is 4.10. The largest absolute Gasteiger partial charge is 0.254 e. The van der Waals surface area contributed by atoms with E-state index < -0.39 is 0 Å². The maximum absolute atomic E-state index is 4.12. The lowest BCUT2D eigenvalue weighted by molar-refractivity contribution is 0.781. The Morgan fingerprint density at radius 1 is 1.07 bits per heavy atom. The highest BCUT2D eigenvalue weighted by Gasteiger charge is 2.03. The van der Waals surface area contributed by atoms with Crippen molar-refractivity contribution in [3.8, 4) is 5.82 Å². The first-order chi connectivity index (χ1) is 6.95. The monoisotopic (exact) mass is 186 g/mol. The normalized spacial score (nSPS) is 10.9. The van der Waals surface area contributed by atoms with E-state index in [4.69, 9.17) is 0 Å². The molecular weight excluding hydrogens is 180 g/mol. The molecule has 6 nitrogen and oxygen atoms in total. The van der Waals surface area contributed by atoms with Crippen LogP contribution in [0.4, 0.5) is 0 Å². The fraction of sp³-hybridized carbons (Fsp3) is 0. The van der Waals surface area contributed by atoms with Gasteiger partial charge >= 0.3 is 0 Å². The minimum absolute atomic E-state index is 0.568. The van der Waals surface area contributed by atoms with Gasteiger partial charge in [-0.05, 0) is 6.07 Å². The van der Waals surface area contributed by atoms with E-state index in [1.54, 1.807) is 21.6 Å². The minimum atomic E-state index is 0.568. The zero-order chi connectivity index (χ0) is 9.38. The molecule has 3 aromatic heterocycles. The van der Waals surface area contributed by atoms with Crippen molar-refractivity contribution in [2.45, 2.75) is 0 Å². The molecule has 0 saturated carbocycles. The molecule has 3 heterocycles. The molecule has 0 spiro atoms. The van der Waals surface area contributed by atoms with Crippen LogP contribution in [0, 0.1) is 0 Å². The summed E-state index contributed by atoms with van der Waals surface area (Å²) in [6.45, 7) is 0. The van der Waals surface area contributed by atoms with Gasteiger partial charge in [0.1, 0.15) is 6.33 Å². The van der Waals surface area contributed by atoms with Gasteiger partial charge in [-0.2, -0.15) is 19.7 Å². The summed E-state index contributed by atoms with van der Waals surface area (Å²) in [4.78, 5) is 8.05. The predicted molar refractivity (Wildman–Crippen MR) is 47.9 cm³/mol. The van der Waals surface area contributed by atoms with Gasteiger partial charge in [-0.1, -0.05) is 0 Å². The Balaban J connectivity index is 2.36. The summed E-state index contributed by atoms with van der Waals surface area (Å²) in [5, 5.41) is 8.17. The molecule has 3 rings (SSSR count). The van der Waals surface area contributed by atoms with Gasteiger partial charge in [-0.25, -0.2) is 9.67 Å². The first kappa shape index (κ1) is 7.19. The summed E-state index contributed by atoms with van der Waals surface area (Å²) in [6.07, 6.45) is 6.70. The third kappa shape index (κ3) is 0.905. The summed E-state index contributed by atoms with van der Waals surface area (Å²) in [6, 6.07) is 3.68. The lowest BCUT2D eigenvalue weighted by Gasteiger charge is -2.01. The van der Waals surface area contributed by atoms with E-state index in [1.807, 2.05) is 18.3 Å². The van der Waals surface area contributed by atoms with Gasteiger partial charge < -0.3 is 0 Å². The van der Waals surface area contributed by atoms with Crippen LogP contribution in [-0.4, -0.2) is 29.4 Å². The highest BCUT2D eigenvalue weighted by Crippen LogP contribution is 2.04. The van der Waals surface area contributed by atoms with Crippen molar-refractivity contribution in [1.82, 2.24) is 29.4 Å². The topological polar surface area (TPSA) is 60.9 Å². The molecular formula is C8H6N6. The number of hydrogen-bond donors (Lipinski definition) is 0. The fourth-order valence-corrected chi connectivity index (χ4v) is 1.30. The van der Waals surface area contributed by atoms with Crippen LogP contribution in [0.15, 0.2) is 37.1 Å². The molecule has 0 radical (unpaired) electrons. The molecule has 3 aromatic rings. The number of nitrogens with zero attached hydrogens (tertiary/aromatic N) is 6. The Morgan fingerprint density at radius 2 is 2.07 bits per heavy atom. The predicted octanol–water partition coefficient (Wildman–Crippen LogP) is 0.310. The number of hydrogen-bond acceptors (Lipinski definition) is 4. The fourth-order valence-electron chi connectivity index (χ4n) is 1.30. The Hall–Kier alpha value is -2.24. The van der Waals surface area contributed by atoms with E-state index in [1.165, 1.54) is 6.33 Å². The number of rotatable bonds is 1. The molecule has 0 aliphatic rings. The summed E-state index contributed by atoms with van der Waals surface area (Å²) < 4.78 is 3.34. The second kappa shape index (κ2) is 2.63. The average molecular weight is 186 g/mol. The Kier molecular flexibility index (Phi) is 1.35. The lowest BCUT2D eigenvalue weighted by atomic mass is 10.6. The molecule has 0 N–H and O–H groups in total. The summed E-state index contributed by atoms with van der Waals surface area (Å²) in [5.74, 6) is 1.38. The summed E-state index contributed by atoms with van der Waals surface area (Å²) >= 11 is 0. The van der Waals surface area contributed by atoms with E-state index in [9.17, 15) is 0 Å². The molecule has 0 amide bonds. The molecule has 0 atom stereocenters. The second-order valence-corrected chi connectivity index (χ2v) is 2.73. The van der Waals surface area contributed by atoms with Crippen molar-refractivity contribution in [1.29, 1.82) is 0 Å². The van der Waals surface area contributed by atoms with Crippen LogP contribution in [0.3, 0.4) is 0 Å². The van der Waals surface area contributed by atoms with Gasteiger partial charge in [-0.3, -0.25) is 0 Å². The van der Waals surface area contributed by atoms with E-state index in [0.717, 1.165) is 5.82 Å². The molecule has 0 aliphatic heterocycles. The van der Waals surface area contributed by atoms with Crippen molar-refractivity contribution in [3.05, 3.63) is 37.1 Å². The van der Waals surface area contributed by atoms with E-state index >= 15 is 0 Å². The van der Waals surface area contributed by atoms with Crippen molar-refractivity contribution in [2.75, 3.05) is 0 Å². The zero-order valence-corrected chi connectivity index (χ0v) is 7.15. The molecule has 0 fully saturated rings. The quantitative estimate of drug-likeness (QED) is 0.548.